The van der Waals surface area contributed by atoms with Gasteiger partial charge >= 0.3 is 6.09 Å². The third-order valence-corrected chi connectivity index (χ3v) is 4.36. The Morgan fingerprint density at radius 2 is 1.88 bits per heavy atom. The second-order valence-electron chi connectivity index (χ2n) is 6.38. The molecule has 166 valence electrons. The van der Waals surface area contributed by atoms with Crippen LogP contribution in [0, 0.1) is 12.0 Å². The number of methoxy groups -OCH3 is 2. The number of hydrogen-bond donors (Lipinski definition) is 3. The number of benzene rings is 2. The smallest absolute Gasteiger partial charge is 0.423 e. The molecule has 3 rings (SSSR count). The number of hydrogen-bond acceptors (Lipinski definition) is 7. The van der Waals surface area contributed by atoms with E-state index in [-0.39, 0.29) is 24.2 Å². The number of nitrogens with two attached hydrogens (primary N) is 2. The average Bonchev–Trinajstić information content (AvgIpc) is 2.76. The number of halogens is 1. The van der Waals surface area contributed by atoms with Crippen LogP contribution in [0.2, 0.25) is 0 Å². The van der Waals surface area contributed by atoms with E-state index in [2.05, 4.69) is 21.9 Å². The lowest BCUT2D eigenvalue weighted by molar-refractivity contribution is 0.205. The standard InChI is InChI=1S/C22H21N5O4.ClH/c1-30-18-12-14(11-16-13-25-21(24)26-20(16)23)10-15(19(18)31-2)8-9-27(22(28)29)17-6-4-3-5-7-17;/h3-7,10,12-13H,11H2,1-2H3,(H,28,29)(H4,23,24,25,26);1H. The number of rotatable bonds is 5. The van der Waals surface area contributed by atoms with Gasteiger partial charge in [-0.2, -0.15) is 4.98 Å². The van der Waals surface area contributed by atoms with Gasteiger partial charge in [0, 0.05) is 24.2 Å². The van der Waals surface area contributed by atoms with Gasteiger partial charge in [0.1, 0.15) is 5.82 Å². The highest BCUT2D eigenvalue weighted by Crippen LogP contribution is 2.33. The minimum atomic E-state index is -1.20. The molecule has 0 radical (unpaired) electrons. The first-order chi connectivity index (χ1) is 14.9. The molecular weight excluding hydrogens is 434 g/mol. The van der Waals surface area contributed by atoms with Gasteiger partial charge in [-0.1, -0.05) is 18.2 Å². The molecule has 2 aromatic carbocycles. The Morgan fingerprint density at radius 1 is 1.16 bits per heavy atom. The predicted molar refractivity (Wildman–Crippen MR) is 124 cm³/mol. The molecule has 0 saturated carbocycles. The van der Waals surface area contributed by atoms with Gasteiger partial charge in [0.2, 0.25) is 5.95 Å². The first-order valence-corrected chi connectivity index (χ1v) is 9.14. The number of anilines is 3. The summed E-state index contributed by atoms with van der Waals surface area (Å²) in [5.74, 6) is 4.08. The zero-order valence-corrected chi connectivity index (χ0v) is 18.2. The van der Waals surface area contributed by atoms with E-state index in [4.69, 9.17) is 20.9 Å². The Balaban J connectivity index is 0.00000363. The molecule has 1 heterocycles. The van der Waals surface area contributed by atoms with E-state index in [0.717, 1.165) is 10.5 Å². The largest absolute Gasteiger partial charge is 0.493 e. The van der Waals surface area contributed by atoms with Gasteiger partial charge in [-0.15, -0.1) is 12.4 Å². The summed E-state index contributed by atoms with van der Waals surface area (Å²) in [5, 5.41) is 9.56. The summed E-state index contributed by atoms with van der Waals surface area (Å²) >= 11 is 0. The summed E-state index contributed by atoms with van der Waals surface area (Å²) in [4.78, 5) is 20.6. The number of amides is 1. The van der Waals surface area contributed by atoms with Crippen molar-refractivity contribution in [3.63, 3.8) is 0 Å². The van der Waals surface area contributed by atoms with Crippen molar-refractivity contribution in [3.05, 3.63) is 65.4 Å². The molecule has 0 unspecified atom stereocenters. The lowest BCUT2D eigenvalue weighted by Crippen LogP contribution is -2.23. The topological polar surface area (TPSA) is 137 Å². The summed E-state index contributed by atoms with van der Waals surface area (Å²) in [6.45, 7) is 0. The Morgan fingerprint density at radius 3 is 2.47 bits per heavy atom. The van der Waals surface area contributed by atoms with Gasteiger partial charge < -0.3 is 26.0 Å². The third kappa shape index (κ3) is 5.50. The fraction of sp³-hybridized carbons (Fsp3) is 0.136. The summed E-state index contributed by atoms with van der Waals surface area (Å²) in [5.41, 5.74) is 13.9. The molecule has 0 atom stereocenters. The molecule has 1 amide bonds. The van der Waals surface area contributed by atoms with Crippen LogP contribution in [0.15, 0.2) is 48.7 Å². The fourth-order valence-electron chi connectivity index (χ4n) is 2.92. The van der Waals surface area contributed by atoms with Gasteiger partial charge in [-0.25, -0.2) is 14.7 Å². The molecule has 10 heteroatoms. The fourth-order valence-corrected chi connectivity index (χ4v) is 2.92. The molecule has 0 saturated heterocycles. The van der Waals surface area contributed by atoms with Crippen molar-refractivity contribution in [3.8, 4) is 23.5 Å². The molecule has 0 bridgehead atoms. The zero-order chi connectivity index (χ0) is 22.4. The molecule has 5 N–H and O–H groups in total. The van der Waals surface area contributed by atoms with Crippen molar-refractivity contribution in [1.82, 2.24) is 9.97 Å². The predicted octanol–water partition coefficient (Wildman–Crippen LogP) is 3.16. The normalized spacial score (nSPS) is 9.69. The third-order valence-electron chi connectivity index (χ3n) is 4.36. The van der Waals surface area contributed by atoms with Crippen molar-refractivity contribution in [2.45, 2.75) is 6.42 Å². The van der Waals surface area contributed by atoms with Gasteiger partial charge in [-0.3, -0.25) is 0 Å². The Kier molecular flexibility index (Phi) is 8.10. The molecule has 3 aromatic rings. The van der Waals surface area contributed by atoms with Gasteiger partial charge in [0.15, 0.2) is 11.5 Å². The molecular formula is C22H22ClN5O4. The van der Waals surface area contributed by atoms with Gasteiger partial charge in [0.25, 0.3) is 0 Å². The molecule has 0 spiro atoms. The number of carboxylic acid groups (broad SMARTS) is 1. The van der Waals surface area contributed by atoms with E-state index in [1.54, 1.807) is 48.7 Å². The highest BCUT2D eigenvalue weighted by molar-refractivity contribution is 5.90. The number of para-hydroxylation sites is 1. The number of nitrogens with zero attached hydrogens (tertiary/aromatic N) is 3. The maximum Gasteiger partial charge on any atom is 0.423 e. The highest BCUT2D eigenvalue weighted by Gasteiger charge is 2.15. The van der Waals surface area contributed by atoms with Crippen LogP contribution >= 0.6 is 12.4 Å². The minimum Gasteiger partial charge on any atom is -0.493 e. The Hall–Kier alpha value is -4.16. The van der Waals surface area contributed by atoms with Gasteiger partial charge in [0.05, 0.1) is 25.5 Å². The quantitative estimate of drug-likeness (QED) is 0.394. The summed E-state index contributed by atoms with van der Waals surface area (Å²) in [6, 6.07) is 14.8. The zero-order valence-electron chi connectivity index (χ0n) is 17.4. The van der Waals surface area contributed by atoms with Crippen LogP contribution in [0.5, 0.6) is 11.5 Å². The summed E-state index contributed by atoms with van der Waals surface area (Å²) in [7, 11) is 2.99. The van der Waals surface area contributed by atoms with E-state index in [9.17, 15) is 9.90 Å². The van der Waals surface area contributed by atoms with E-state index in [1.165, 1.54) is 14.2 Å². The number of nitrogen functional groups attached to an aromatic ring is 2. The summed E-state index contributed by atoms with van der Waals surface area (Å²) < 4.78 is 10.9. The van der Waals surface area contributed by atoms with Crippen molar-refractivity contribution >= 4 is 36.0 Å². The Labute approximate surface area is 191 Å². The van der Waals surface area contributed by atoms with Crippen LogP contribution in [-0.2, 0) is 6.42 Å². The molecule has 0 aliphatic rings. The lowest BCUT2D eigenvalue weighted by atomic mass is 10.0. The van der Waals surface area contributed by atoms with Crippen LogP contribution in [-0.4, -0.2) is 35.4 Å². The number of ether oxygens (including phenoxy) is 2. The number of carbonyl (C=O) groups is 1. The second kappa shape index (κ2) is 10.7. The molecule has 0 fully saturated rings. The first-order valence-electron chi connectivity index (χ1n) is 9.14. The molecule has 32 heavy (non-hydrogen) atoms. The van der Waals surface area contributed by atoms with Crippen molar-refractivity contribution in [2.75, 3.05) is 30.6 Å². The van der Waals surface area contributed by atoms with Crippen LogP contribution in [0.3, 0.4) is 0 Å². The van der Waals surface area contributed by atoms with Crippen LogP contribution in [0.4, 0.5) is 22.2 Å². The van der Waals surface area contributed by atoms with E-state index < -0.39 is 6.09 Å². The van der Waals surface area contributed by atoms with E-state index in [1.807, 2.05) is 0 Å². The van der Waals surface area contributed by atoms with Crippen LogP contribution in [0.25, 0.3) is 0 Å². The molecule has 1 aromatic heterocycles. The van der Waals surface area contributed by atoms with Crippen molar-refractivity contribution < 1.29 is 19.4 Å². The lowest BCUT2D eigenvalue weighted by Gasteiger charge is -2.14. The highest BCUT2D eigenvalue weighted by atomic mass is 35.5. The maximum atomic E-state index is 11.7. The maximum absolute atomic E-state index is 11.7. The molecule has 9 nitrogen and oxygen atoms in total. The van der Waals surface area contributed by atoms with Gasteiger partial charge in [-0.05, 0) is 35.7 Å². The van der Waals surface area contributed by atoms with Crippen LogP contribution < -0.4 is 25.8 Å². The van der Waals surface area contributed by atoms with E-state index >= 15 is 0 Å². The SMILES string of the molecule is COc1cc(Cc2cnc(N)nc2N)cc(C#CN(C(=O)O)c2ccccc2)c1OC.Cl. The first kappa shape index (κ1) is 24.1. The van der Waals surface area contributed by atoms with Crippen molar-refractivity contribution in [1.29, 1.82) is 0 Å². The van der Waals surface area contributed by atoms with Crippen molar-refractivity contribution in [2.24, 2.45) is 0 Å². The van der Waals surface area contributed by atoms with E-state index in [0.29, 0.717) is 34.7 Å². The minimum absolute atomic E-state index is 0. The second-order valence-corrected chi connectivity index (χ2v) is 6.38. The number of aromatic nitrogens is 2. The van der Waals surface area contributed by atoms with Crippen LogP contribution in [0.1, 0.15) is 16.7 Å². The molecule has 0 aliphatic heterocycles. The molecule has 0 aliphatic carbocycles. The Bertz CT molecular complexity index is 1160. The monoisotopic (exact) mass is 455 g/mol. The average molecular weight is 456 g/mol. The summed E-state index contributed by atoms with van der Waals surface area (Å²) in [6.07, 6.45) is 0.747.